The molecule has 0 bridgehead atoms. The van der Waals surface area contributed by atoms with Crippen LogP contribution >= 0.6 is 0 Å². The van der Waals surface area contributed by atoms with Gasteiger partial charge >= 0.3 is 108 Å². The summed E-state index contributed by atoms with van der Waals surface area (Å²) in [7, 11) is 0. The van der Waals surface area contributed by atoms with Crippen molar-refractivity contribution in [2.75, 3.05) is 0 Å². The van der Waals surface area contributed by atoms with Gasteiger partial charge in [-0.3, -0.25) is 6.08 Å². The number of fused-ring (bicyclic) bond motifs is 5. The summed E-state index contributed by atoms with van der Waals surface area (Å²) in [4.78, 5) is 0. The van der Waals surface area contributed by atoms with Gasteiger partial charge in [-0.2, -0.15) is 11.6 Å². The zero-order valence-electron chi connectivity index (χ0n) is 33.1. The SMILES string of the molecule is CC1=CC(C)(C)c2cc3[cH-]c4cc5c(cc4c3cc21)C(C)=CC5(C)C.CCC1[C-]=CC(C(C)(C)C)=C1.Fc1ccc([C](=[Zr+2])c2ccc(F)cc2)cc1.[Cl-].[Cl-]. The molecule has 8 rings (SSSR count). The minimum Gasteiger partial charge on any atom is -1.00 e. The van der Waals surface area contributed by atoms with E-state index >= 15 is 0 Å². The number of rotatable bonds is 3. The van der Waals surface area contributed by atoms with E-state index in [-0.39, 0.29) is 47.3 Å². The Morgan fingerprint density at radius 2 is 1.13 bits per heavy atom. The molecule has 54 heavy (non-hydrogen) atoms. The van der Waals surface area contributed by atoms with Crippen molar-refractivity contribution >= 4 is 35.9 Å². The van der Waals surface area contributed by atoms with E-state index in [4.69, 9.17) is 0 Å². The van der Waals surface area contributed by atoms with Crippen LogP contribution in [0.4, 0.5) is 8.78 Å². The molecule has 0 saturated carbocycles. The molecule has 1 unspecified atom stereocenters. The minimum absolute atomic E-state index is 0. The third-order valence-corrected chi connectivity index (χ3v) is 12.2. The number of halogens is 4. The van der Waals surface area contributed by atoms with Gasteiger partial charge in [-0.1, -0.05) is 109 Å². The molecule has 0 N–H and O–H groups in total. The van der Waals surface area contributed by atoms with Gasteiger partial charge in [0.05, 0.1) is 0 Å². The molecular weight excluding hydrogens is 789 g/mol. The molecule has 280 valence electrons. The first-order valence-corrected chi connectivity index (χ1v) is 19.6. The third kappa shape index (κ3) is 8.96. The maximum absolute atomic E-state index is 12.8. The molecule has 5 aromatic rings. The smallest absolute Gasteiger partial charge is 1.00 e. The van der Waals surface area contributed by atoms with E-state index in [1.807, 2.05) is 0 Å². The topological polar surface area (TPSA) is 0 Å². The molecule has 5 aromatic carbocycles. The van der Waals surface area contributed by atoms with Crippen LogP contribution in [0.3, 0.4) is 0 Å². The quantitative estimate of drug-likeness (QED) is 0.165. The van der Waals surface area contributed by atoms with Crippen molar-refractivity contribution in [3.8, 4) is 0 Å². The molecule has 1 atom stereocenters. The summed E-state index contributed by atoms with van der Waals surface area (Å²) in [5.41, 5.74) is 12.6. The van der Waals surface area contributed by atoms with Crippen LogP contribution < -0.4 is 24.8 Å². The predicted molar refractivity (Wildman–Crippen MR) is 216 cm³/mol. The molecule has 0 nitrogen and oxygen atoms in total. The summed E-state index contributed by atoms with van der Waals surface area (Å²) in [6, 6.07) is 24.8. The summed E-state index contributed by atoms with van der Waals surface area (Å²) in [6.07, 6.45) is 13.8. The Labute approximate surface area is 349 Å². The van der Waals surface area contributed by atoms with Gasteiger partial charge in [0.15, 0.2) is 0 Å². The monoisotopic (exact) mass is 836 g/mol. The Balaban J connectivity index is 0.000000194. The van der Waals surface area contributed by atoms with Crippen LogP contribution in [0.25, 0.3) is 32.7 Å². The molecular formula is C49H50Cl2F2Zr-2. The zero-order chi connectivity index (χ0) is 37.7. The average Bonchev–Trinajstić information content (AvgIpc) is 3.82. The normalized spacial score (nSPS) is 17.1. The van der Waals surface area contributed by atoms with Crippen molar-refractivity contribution in [2.45, 2.75) is 86.5 Å². The van der Waals surface area contributed by atoms with E-state index in [1.54, 1.807) is 24.3 Å². The van der Waals surface area contributed by atoms with Gasteiger partial charge in [0.25, 0.3) is 0 Å². The molecule has 3 aliphatic rings. The fourth-order valence-electron chi connectivity index (χ4n) is 7.83. The van der Waals surface area contributed by atoms with Crippen LogP contribution in [0.2, 0.25) is 0 Å². The van der Waals surface area contributed by atoms with Crippen molar-refractivity contribution in [2.24, 2.45) is 11.3 Å². The first-order chi connectivity index (χ1) is 24.4. The maximum Gasteiger partial charge on any atom is -1.00 e. The summed E-state index contributed by atoms with van der Waals surface area (Å²) in [5.74, 6) is 0.0853. The Morgan fingerprint density at radius 3 is 1.46 bits per heavy atom. The first-order valence-electron chi connectivity index (χ1n) is 18.4. The molecule has 0 aliphatic heterocycles. The number of allylic oxidation sites excluding steroid dienone is 8. The number of hydrogen-bond acceptors (Lipinski definition) is 0. The second kappa shape index (κ2) is 16.6. The van der Waals surface area contributed by atoms with Crippen LogP contribution in [-0.4, -0.2) is 3.21 Å². The summed E-state index contributed by atoms with van der Waals surface area (Å²) < 4.78 is 26.6. The van der Waals surface area contributed by atoms with Gasteiger partial charge in [-0.05, 0) is 36.1 Å². The molecule has 0 aromatic heterocycles. The van der Waals surface area contributed by atoms with Gasteiger partial charge in [-0.25, -0.2) is 6.08 Å². The minimum atomic E-state index is -0.244. The molecule has 0 spiro atoms. The standard InChI is InChI=1S/C25H25.C13H8F2.C11H17.2ClH.Zr/c1-14-12-24(3,4)22-8-16-7-17-9-23-19(15(2)13-25(23,5)6)11-21(17)20(16)10-18(14)22;14-12-5-1-10(2-6-12)9-11-3-7-13(15)8-4-11;1-5-9-6-7-10(8-9)11(2,3)4;;;/h7-13H,1-6H3;1-8H;7-9H,5H2,1-4H3;2*1H;/q-1;;-1;;;+2/p-2. The number of hydrogen-bond donors (Lipinski definition) is 0. The van der Waals surface area contributed by atoms with Crippen molar-refractivity contribution in [1.82, 2.24) is 0 Å². The van der Waals surface area contributed by atoms with Gasteiger partial charge in [-0.15, -0.1) is 39.7 Å². The van der Waals surface area contributed by atoms with Gasteiger partial charge in [0, 0.05) is 10.8 Å². The Hall–Kier alpha value is -3.10. The van der Waals surface area contributed by atoms with Gasteiger partial charge in [0.1, 0.15) is 0 Å². The second-order valence-electron chi connectivity index (χ2n) is 16.8. The maximum atomic E-state index is 12.8. The van der Waals surface area contributed by atoms with E-state index in [9.17, 15) is 8.78 Å². The van der Waals surface area contributed by atoms with Crippen LogP contribution in [0.15, 0.2) is 109 Å². The van der Waals surface area contributed by atoms with Crippen LogP contribution in [0.5, 0.6) is 0 Å². The largest absolute Gasteiger partial charge is 1.00 e. The first kappa shape index (κ1) is 43.6. The summed E-state index contributed by atoms with van der Waals surface area (Å²) in [5, 5.41) is 5.57. The van der Waals surface area contributed by atoms with E-state index in [2.05, 4.69) is 130 Å². The van der Waals surface area contributed by atoms with Crippen molar-refractivity contribution in [3.05, 3.63) is 160 Å². The van der Waals surface area contributed by atoms with Crippen molar-refractivity contribution in [3.63, 3.8) is 0 Å². The van der Waals surface area contributed by atoms with E-state index < -0.39 is 0 Å². The van der Waals surface area contributed by atoms with Crippen LogP contribution in [0, 0.1) is 29.0 Å². The molecule has 5 heteroatoms. The molecule has 0 amide bonds. The molecule has 3 aliphatic carbocycles. The molecule has 0 saturated heterocycles. The van der Waals surface area contributed by atoms with Crippen LogP contribution in [-0.2, 0) is 35.1 Å². The van der Waals surface area contributed by atoms with Crippen LogP contribution in [0.1, 0.15) is 109 Å². The second-order valence-corrected chi connectivity index (χ2v) is 18.0. The van der Waals surface area contributed by atoms with E-state index in [0.29, 0.717) is 11.3 Å². The third-order valence-electron chi connectivity index (χ3n) is 10.8. The Kier molecular flexibility index (Phi) is 13.4. The summed E-state index contributed by atoms with van der Waals surface area (Å²) >= 11 is 1.22. The van der Waals surface area contributed by atoms with Crippen molar-refractivity contribution in [1.29, 1.82) is 0 Å². The Morgan fingerprint density at radius 1 is 0.722 bits per heavy atom. The number of benzene rings is 4. The van der Waals surface area contributed by atoms with Crippen molar-refractivity contribution < 1.29 is 57.8 Å². The zero-order valence-corrected chi connectivity index (χ0v) is 37.1. The average molecular weight is 839 g/mol. The predicted octanol–water partition coefficient (Wildman–Crippen LogP) is 7.55. The van der Waals surface area contributed by atoms with E-state index in [0.717, 1.165) is 14.3 Å². The molecule has 0 radical (unpaired) electrons. The van der Waals surface area contributed by atoms with Gasteiger partial charge < -0.3 is 24.8 Å². The fraction of sp³-hybridized carbons (Fsp3) is 0.306. The van der Waals surface area contributed by atoms with E-state index in [1.165, 1.54) is 115 Å². The Bertz CT molecular complexity index is 2170. The molecule has 0 heterocycles. The summed E-state index contributed by atoms with van der Waals surface area (Å²) in [6.45, 7) is 22.7. The fourth-order valence-corrected chi connectivity index (χ4v) is 8.65. The molecule has 0 fully saturated rings. The van der Waals surface area contributed by atoms with Gasteiger partial charge in [0.2, 0.25) is 0 Å².